The van der Waals surface area contributed by atoms with Crippen LogP contribution in [-0.4, -0.2) is 22.8 Å². The fourth-order valence-corrected chi connectivity index (χ4v) is 3.00. The molecule has 94 valence electrons. The molecular weight excluding hydrogens is 292 g/mol. The minimum Gasteiger partial charge on any atom is -0.359 e. The fraction of sp³-hybridized carbons (Fsp3) is 0.357. The number of halogens is 1. The van der Waals surface area contributed by atoms with Gasteiger partial charge in [0.1, 0.15) is 0 Å². The number of rotatable bonds is 2. The minimum absolute atomic E-state index is 0.228. The molecule has 18 heavy (non-hydrogen) atoms. The van der Waals surface area contributed by atoms with E-state index in [0.29, 0.717) is 12.3 Å². The van der Waals surface area contributed by atoms with E-state index in [9.17, 15) is 4.79 Å². The number of hydrogen-bond donors (Lipinski definition) is 1. The highest BCUT2D eigenvalue weighted by Gasteiger charge is 2.29. The Bertz CT molecular complexity index is 605. The van der Waals surface area contributed by atoms with E-state index in [2.05, 4.69) is 33.0 Å². The van der Waals surface area contributed by atoms with Crippen molar-refractivity contribution in [3.63, 3.8) is 0 Å². The fourth-order valence-electron chi connectivity index (χ4n) is 2.57. The van der Waals surface area contributed by atoms with Crippen molar-refractivity contribution in [2.24, 2.45) is 5.92 Å². The number of aromatic nitrogens is 1. The summed E-state index contributed by atoms with van der Waals surface area (Å²) in [5.74, 6) is 0.659. The number of aryl methyl sites for hydroxylation is 1. The van der Waals surface area contributed by atoms with E-state index < -0.39 is 0 Å². The molecule has 1 aliphatic rings. The molecule has 2 heterocycles. The van der Waals surface area contributed by atoms with Gasteiger partial charge in [0.25, 0.3) is 0 Å². The van der Waals surface area contributed by atoms with E-state index in [-0.39, 0.29) is 5.91 Å². The Morgan fingerprint density at radius 3 is 3.00 bits per heavy atom. The molecule has 1 aromatic carbocycles. The number of carbonyl (C=O) groups is 1. The second kappa shape index (κ2) is 4.43. The van der Waals surface area contributed by atoms with Crippen LogP contribution in [0.2, 0.25) is 0 Å². The van der Waals surface area contributed by atoms with Gasteiger partial charge >= 0.3 is 0 Å². The zero-order chi connectivity index (χ0) is 12.7. The average molecular weight is 307 g/mol. The number of anilines is 1. The molecular formula is C14H15BrN2O. The molecule has 0 spiro atoms. The summed E-state index contributed by atoms with van der Waals surface area (Å²) in [5, 5.41) is 2.06. The largest absolute Gasteiger partial charge is 0.359 e. The number of H-pyrrole nitrogens is 1. The van der Waals surface area contributed by atoms with Crippen LogP contribution in [0.4, 0.5) is 5.69 Å². The van der Waals surface area contributed by atoms with Crippen LogP contribution in [0.25, 0.3) is 10.9 Å². The van der Waals surface area contributed by atoms with Crippen molar-refractivity contribution < 1.29 is 4.79 Å². The molecule has 1 aromatic heterocycles. The highest BCUT2D eigenvalue weighted by molar-refractivity contribution is 9.09. The second-order valence-electron chi connectivity index (χ2n) is 4.95. The molecule has 0 radical (unpaired) electrons. The first kappa shape index (κ1) is 11.8. The van der Waals surface area contributed by atoms with Crippen molar-refractivity contribution in [2.75, 3.05) is 16.8 Å². The van der Waals surface area contributed by atoms with Gasteiger partial charge in [-0.3, -0.25) is 4.79 Å². The van der Waals surface area contributed by atoms with E-state index in [4.69, 9.17) is 0 Å². The third-order valence-corrected chi connectivity index (χ3v) is 4.39. The van der Waals surface area contributed by atoms with E-state index >= 15 is 0 Å². The normalized spacial score (nSPS) is 20.0. The third kappa shape index (κ3) is 1.94. The van der Waals surface area contributed by atoms with Gasteiger partial charge in [0.05, 0.1) is 0 Å². The lowest BCUT2D eigenvalue weighted by atomic mass is 10.2. The summed E-state index contributed by atoms with van der Waals surface area (Å²) >= 11 is 3.46. The SMILES string of the molecule is Cc1cc2cc(N3CC(CBr)CC3=O)ccc2[nH]1. The molecule has 0 saturated carbocycles. The van der Waals surface area contributed by atoms with Crippen LogP contribution in [0.5, 0.6) is 0 Å². The summed E-state index contributed by atoms with van der Waals surface area (Å²) in [7, 11) is 0. The number of hydrogen-bond acceptors (Lipinski definition) is 1. The summed E-state index contributed by atoms with van der Waals surface area (Å²) in [5.41, 5.74) is 3.28. The van der Waals surface area contributed by atoms with Crippen LogP contribution in [0, 0.1) is 12.8 Å². The average Bonchev–Trinajstić information content (AvgIpc) is 2.89. The Morgan fingerprint density at radius 1 is 1.44 bits per heavy atom. The number of nitrogens with one attached hydrogen (secondary N) is 1. The molecule has 0 aliphatic carbocycles. The molecule has 4 heteroatoms. The maximum absolute atomic E-state index is 12.0. The quantitative estimate of drug-likeness (QED) is 0.850. The predicted octanol–water partition coefficient (Wildman–Crippen LogP) is 3.22. The smallest absolute Gasteiger partial charge is 0.227 e. The first-order chi connectivity index (χ1) is 8.67. The molecule has 1 unspecified atom stereocenters. The Kier molecular flexibility index (Phi) is 2.90. The lowest BCUT2D eigenvalue weighted by molar-refractivity contribution is -0.117. The van der Waals surface area contributed by atoms with Crippen LogP contribution in [0.15, 0.2) is 24.3 Å². The van der Waals surface area contributed by atoms with Crippen molar-refractivity contribution in [3.05, 3.63) is 30.0 Å². The molecule has 3 nitrogen and oxygen atoms in total. The molecule has 3 rings (SSSR count). The monoisotopic (exact) mass is 306 g/mol. The van der Waals surface area contributed by atoms with Gasteiger partial charge < -0.3 is 9.88 Å². The van der Waals surface area contributed by atoms with Crippen LogP contribution >= 0.6 is 15.9 Å². The van der Waals surface area contributed by atoms with Gasteiger partial charge in [0.2, 0.25) is 5.91 Å². The number of alkyl halides is 1. The highest BCUT2D eigenvalue weighted by atomic mass is 79.9. The van der Waals surface area contributed by atoms with Crippen molar-refractivity contribution in [1.82, 2.24) is 4.98 Å². The number of nitrogens with zero attached hydrogens (tertiary/aromatic N) is 1. The van der Waals surface area contributed by atoms with E-state index in [1.165, 1.54) is 5.39 Å². The number of amides is 1. The van der Waals surface area contributed by atoms with Crippen LogP contribution in [-0.2, 0) is 4.79 Å². The molecule has 1 atom stereocenters. The van der Waals surface area contributed by atoms with E-state index in [1.54, 1.807) is 0 Å². The Balaban J connectivity index is 1.96. The van der Waals surface area contributed by atoms with Gasteiger partial charge in [-0.2, -0.15) is 0 Å². The molecule has 1 fully saturated rings. The van der Waals surface area contributed by atoms with Crippen LogP contribution in [0.1, 0.15) is 12.1 Å². The first-order valence-corrected chi connectivity index (χ1v) is 7.25. The lowest BCUT2D eigenvalue weighted by Crippen LogP contribution is -2.24. The van der Waals surface area contributed by atoms with Gasteiger partial charge in [-0.1, -0.05) is 15.9 Å². The van der Waals surface area contributed by atoms with Gasteiger partial charge in [-0.05, 0) is 37.1 Å². The Hall–Kier alpha value is -1.29. The minimum atomic E-state index is 0.228. The maximum atomic E-state index is 12.0. The second-order valence-corrected chi connectivity index (χ2v) is 5.60. The summed E-state index contributed by atoms with van der Waals surface area (Å²) in [6.07, 6.45) is 0.648. The standard InChI is InChI=1S/C14H15BrN2O/c1-9-4-11-6-12(2-3-13(11)16-9)17-8-10(7-15)5-14(17)18/h2-4,6,10,16H,5,7-8H2,1H3. The van der Waals surface area contributed by atoms with Gasteiger partial charge in [0, 0.05) is 40.6 Å². The van der Waals surface area contributed by atoms with Gasteiger partial charge in [-0.25, -0.2) is 0 Å². The zero-order valence-electron chi connectivity index (χ0n) is 10.2. The zero-order valence-corrected chi connectivity index (χ0v) is 11.8. The van der Waals surface area contributed by atoms with E-state index in [1.807, 2.05) is 24.0 Å². The number of fused-ring (bicyclic) bond motifs is 1. The number of carbonyl (C=O) groups excluding carboxylic acids is 1. The molecule has 0 bridgehead atoms. The molecule has 1 aliphatic heterocycles. The van der Waals surface area contributed by atoms with Crippen molar-refractivity contribution in [2.45, 2.75) is 13.3 Å². The van der Waals surface area contributed by atoms with Gasteiger partial charge in [0.15, 0.2) is 0 Å². The molecule has 1 N–H and O–H groups in total. The lowest BCUT2D eigenvalue weighted by Gasteiger charge is -2.16. The molecule has 2 aromatic rings. The summed E-state index contributed by atoms with van der Waals surface area (Å²) in [6, 6.07) is 8.27. The van der Waals surface area contributed by atoms with E-state index in [0.717, 1.165) is 28.8 Å². The third-order valence-electron chi connectivity index (χ3n) is 3.47. The summed E-state index contributed by atoms with van der Waals surface area (Å²) in [4.78, 5) is 17.2. The van der Waals surface area contributed by atoms with Crippen molar-refractivity contribution in [1.29, 1.82) is 0 Å². The maximum Gasteiger partial charge on any atom is 0.227 e. The highest BCUT2D eigenvalue weighted by Crippen LogP contribution is 2.28. The first-order valence-electron chi connectivity index (χ1n) is 6.13. The van der Waals surface area contributed by atoms with Crippen LogP contribution < -0.4 is 4.90 Å². The Labute approximate surface area is 114 Å². The van der Waals surface area contributed by atoms with Crippen LogP contribution in [0.3, 0.4) is 0 Å². The molecule has 1 saturated heterocycles. The topological polar surface area (TPSA) is 36.1 Å². The van der Waals surface area contributed by atoms with Crippen molar-refractivity contribution >= 4 is 38.4 Å². The number of benzene rings is 1. The number of aromatic amines is 1. The Morgan fingerprint density at radius 2 is 2.28 bits per heavy atom. The summed E-state index contributed by atoms with van der Waals surface area (Å²) < 4.78 is 0. The predicted molar refractivity (Wildman–Crippen MR) is 77.3 cm³/mol. The van der Waals surface area contributed by atoms with Gasteiger partial charge in [-0.15, -0.1) is 0 Å². The molecule has 1 amide bonds. The van der Waals surface area contributed by atoms with Crippen molar-refractivity contribution in [3.8, 4) is 0 Å². The summed E-state index contributed by atoms with van der Waals surface area (Å²) in [6.45, 7) is 2.86.